The number of rotatable bonds is 6. The summed E-state index contributed by atoms with van der Waals surface area (Å²) in [5, 5.41) is 7.11. The predicted molar refractivity (Wildman–Crippen MR) is 125 cm³/mol. The lowest BCUT2D eigenvalue weighted by atomic mass is 10.2. The van der Waals surface area contributed by atoms with E-state index in [2.05, 4.69) is 15.1 Å². The van der Waals surface area contributed by atoms with Crippen molar-refractivity contribution >= 4 is 27.3 Å². The van der Waals surface area contributed by atoms with Crippen LogP contribution in [0.25, 0.3) is 5.69 Å². The van der Waals surface area contributed by atoms with Gasteiger partial charge in [-0.15, -0.1) is 0 Å². The van der Waals surface area contributed by atoms with Crippen molar-refractivity contribution in [1.82, 2.24) is 9.78 Å². The zero-order chi connectivity index (χ0) is 22.7. The van der Waals surface area contributed by atoms with Crippen LogP contribution in [0.3, 0.4) is 0 Å². The summed E-state index contributed by atoms with van der Waals surface area (Å²) in [5.41, 5.74) is 4.10. The molecule has 7 nitrogen and oxygen atoms in total. The number of hydrogen-bond acceptors (Lipinski definition) is 4. The molecule has 4 rings (SSSR count). The van der Waals surface area contributed by atoms with Gasteiger partial charge in [0.1, 0.15) is 0 Å². The summed E-state index contributed by atoms with van der Waals surface area (Å²) in [6, 6.07) is 22.2. The number of sulfonamides is 1. The molecule has 0 saturated carbocycles. The van der Waals surface area contributed by atoms with Crippen LogP contribution in [0.2, 0.25) is 0 Å². The van der Waals surface area contributed by atoms with Gasteiger partial charge in [0, 0.05) is 23.1 Å². The van der Waals surface area contributed by atoms with Crippen LogP contribution in [-0.2, 0) is 10.0 Å². The van der Waals surface area contributed by atoms with E-state index < -0.39 is 10.0 Å². The maximum absolute atomic E-state index is 12.7. The van der Waals surface area contributed by atoms with Crippen LogP contribution < -0.4 is 10.0 Å². The van der Waals surface area contributed by atoms with E-state index in [-0.39, 0.29) is 10.8 Å². The highest BCUT2D eigenvalue weighted by atomic mass is 32.2. The van der Waals surface area contributed by atoms with Crippen molar-refractivity contribution in [2.45, 2.75) is 18.7 Å². The molecule has 0 unspecified atom stereocenters. The fourth-order valence-electron chi connectivity index (χ4n) is 3.24. The number of hydrogen-bond donors (Lipinski definition) is 2. The van der Waals surface area contributed by atoms with E-state index in [1.807, 2.05) is 50.2 Å². The Morgan fingerprint density at radius 3 is 2.34 bits per heavy atom. The van der Waals surface area contributed by atoms with E-state index in [4.69, 9.17) is 0 Å². The van der Waals surface area contributed by atoms with Gasteiger partial charge < -0.3 is 5.32 Å². The molecule has 4 aromatic rings. The maximum atomic E-state index is 12.7. The van der Waals surface area contributed by atoms with Gasteiger partial charge in [0.15, 0.2) is 0 Å². The zero-order valence-corrected chi connectivity index (χ0v) is 18.4. The first-order valence-electron chi connectivity index (χ1n) is 9.94. The molecule has 1 aromatic heterocycles. The molecule has 1 heterocycles. The third kappa shape index (κ3) is 4.55. The van der Waals surface area contributed by atoms with E-state index in [1.165, 1.54) is 24.3 Å². The number of nitrogens with one attached hydrogen (secondary N) is 2. The molecule has 1 amide bonds. The Bertz CT molecular complexity index is 1380. The van der Waals surface area contributed by atoms with Crippen molar-refractivity contribution < 1.29 is 13.2 Å². The van der Waals surface area contributed by atoms with Crippen LogP contribution in [0.15, 0.2) is 90.0 Å². The van der Waals surface area contributed by atoms with Crippen LogP contribution in [0.1, 0.15) is 21.6 Å². The van der Waals surface area contributed by atoms with Crippen LogP contribution >= 0.6 is 0 Å². The SMILES string of the molecule is Cc1ccccc1NS(=O)(=O)c1ccc(C(=O)Nc2cccc(-n3nccc3C)c2)cc1. The molecule has 0 fully saturated rings. The van der Waals surface area contributed by atoms with Crippen molar-refractivity contribution in [3.8, 4) is 5.69 Å². The van der Waals surface area contributed by atoms with Crippen molar-refractivity contribution in [1.29, 1.82) is 0 Å². The second-order valence-corrected chi connectivity index (χ2v) is 9.02. The molecule has 0 aliphatic rings. The van der Waals surface area contributed by atoms with Crippen molar-refractivity contribution in [3.05, 3.63) is 102 Å². The Morgan fingerprint density at radius 2 is 1.66 bits per heavy atom. The second-order valence-electron chi connectivity index (χ2n) is 7.33. The van der Waals surface area contributed by atoms with Gasteiger partial charge in [-0.05, 0) is 74.0 Å². The standard InChI is InChI=1S/C24H22N4O3S/c1-17-6-3-4-9-23(17)27-32(30,31)22-12-10-19(11-13-22)24(29)26-20-7-5-8-21(16-20)28-18(2)14-15-25-28/h3-16,27H,1-2H3,(H,26,29). The minimum absolute atomic E-state index is 0.0773. The first-order chi connectivity index (χ1) is 15.3. The predicted octanol–water partition coefficient (Wildman–Crippen LogP) is 4.54. The zero-order valence-electron chi connectivity index (χ0n) is 17.6. The van der Waals surface area contributed by atoms with Crippen molar-refractivity contribution in [3.63, 3.8) is 0 Å². The Kier molecular flexibility index (Phi) is 5.79. The summed E-state index contributed by atoms with van der Waals surface area (Å²) < 4.78 is 29.7. The van der Waals surface area contributed by atoms with Gasteiger partial charge in [-0.3, -0.25) is 9.52 Å². The minimum atomic E-state index is -3.76. The van der Waals surface area contributed by atoms with Gasteiger partial charge in [-0.1, -0.05) is 24.3 Å². The van der Waals surface area contributed by atoms with Gasteiger partial charge in [-0.2, -0.15) is 5.10 Å². The van der Waals surface area contributed by atoms with E-state index in [0.717, 1.165) is 16.9 Å². The lowest BCUT2D eigenvalue weighted by Gasteiger charge is -2.11. The molecule has 0 saturated heterocycles. The maximum Gasteiger partial charge on any atom is 0.261 e. The fraction of sp³-hybridized carbons (Fsp3) is 0.0833. The van der Waals surface area contributed by atoms with Crippen molar-refractivity contribution in [2.24, 2.45) is 0 Å². The number of carbonyl (C=O) groups excluding carboxylic acids is 1. The molecule has 0 aliphatic heterocycles. The van der Waals surface area contributed by atoms with E-state index >= 15 is 0 Å². The summed E-state index contributed by atoms with van der Waals surface area (Å²) >= 11 is 0. The summed E-state index contributed by atoms with van der Waals surface area (Å²) in [7, 11) is -3.76. The molecule has 0 atom stereocenters. The molecule has 0 bridgehead atoms. The summed E-state index contributed by atoms with van der Waals surface area (Å²) in [5.74, 6) is -0.338. The number of benzene rings is 3. The smallest absolute Gasteiger partial charge is 0.261 e. The number of para-hydroxylation sites is 1. The number of nitrogens with zero attached hydrogens (tertiary/aromatic N) is 2. The molecular formula is C24H22N4O3S. The third-order valence-electron chi connectivity index (χ3n) is 5.00. The van der Waals surface area contributed by atoms with E-state index in [9.17, 15) is 13.2 Å². The summed E-state index contributed by atoms with van der Waals surface area (Å²) in [6.07, 6.45) is 1.71. The second kappa shape index (κ2) is 8.68. The molecule has 162 valence electrons. The number of aryl methyl sites for hydroxylation is 2. The lowest BCUT2D eigenvalue weighted by molar-refractivity contribution is 0.102. The highest BCUT2D eigenvalue weighted by Gasteiger charge is 2.16. The average molecular weight is 447 g/mol. The van der Waals surface area contributed by atoms with Gasteiger partial charge >= 0.3 is 0 Å². The van der Waals surface area contributed by atoms with E-state index in [0.29, 0.717) is 16.9 Å². The summed E-state index contributed by atoms with van der Waals surface area (Å²) in [6.45, 7) is 3.77. The molecule has 8 heteroatoms. The van der Waals surface area contributed by atoms with Crippen LogP contribution in [0.4, 0.5) is 11.4 Å². The number of carbonyl (C=O) groups is 1. The molecule has 0 aliphatic carbocycles. The van der Waals surface area contributed by atoms with Crippen LogP contribution in [0, 0.1) is 13.8 Å². The number of anilines is 2. The normalized spacial score (nSPS) is 11.2. The molecule has 0 spiro atoms. The van der Waals surface area contributed by atoms with Gasteiger partial charge in [-0.25, -0.2) is 13.1 Å². The molecular weight excluding hydrogens is 424 g/mol. The first-order valence-corrected chi connectivity index (χ1v) is 11.4. The molecule has 2 N–H and O–H groups in total. The topological polar surface area (TPSA) is 93.1 Å². The quantitative estimate of drug-likeness (QED) is 0.455. The van der Waals surface area contributed by atoms with Gasteiger partial charge in [0.25, 0.3) is 15.9 Å². The number of aromatic nitrogens is 2. The summed E-state index contributed by atoms with van der Waals surface area (Å²) in [4.78, 5) is 12.8. The van der Waals surface area contributed by atoms with Gasteiger partial charge in [0.2, 0.25) is 0 Å². The minimum Gasteiger partial charge on any atom is -0.322 e. The van der Waals surface area contributed by atoms with E-state index in [1.54, 1.807) is 29.1 Å². The van der Waals surface area contributed by atoms with Crippen molar-refractivity contribution in [2.75, 3.05) is 10.0 Å². The highest BCUT2D eigenvalue weighted by Crippen LogP contribution is 2.21. The fourth-order valence-corrected chi connectivity index (χ4v) is 4.37. The first kappa shape index (κ1) is 21.3. The lowest BCUT2D eigenvalue weighted by Crippen LogP contribution is -2.15. The third-order valence-corrected chi connectivity index (χ3v) is 6.38. The molecule has 3 aromatic carbocycles. The van der Waals surface area contributed by atoms with Crippen LogP contribution in [0.5, 0.6) is 0 Å². The van der Waals surface area contributed by atoms with Gasteiger partial charge in [0.05, 0.1) is 16.3 Å². The monoisotopic (exact) mass is 446 g/mol. The molecule has 0 radical (unpaired) electrons. The number of amides is 1. The average Bonchev–Trinajstić information content (AvgIpc) is 3.21. The largest absolute Gasteiger partial charge is 0.322 e. The Morgan fingerprint density at radius 1 is 0.906 bits per heavy atom. The Hall–Kier alpha value is -3.91. The molecule has 32 heavy (non-hydrogen) atoms. The Labute approximate surface area is 186 Å². The van der Waals surface area contributed by atoms with Crippen LogP contribution in [-0.4, -0.2) is 24.1 Å². The highest BCUT2D eigenvalue weighted by molar-refractivity contribution is 7.92. The Balaban J connectivity index is 1.49.